The van der Waals surface area contributed by atoms with E-state index in [1.54, 1.807) is 0 Å². The summed E-state index contributed by atoms with van der Waals surface area (Å²) in [7, 11) is 0. The first-order valence-corrected chi connectivity index (χ1v) is 7.77. The number of halogens is 2. The molecule has 0 bridgehead atoms. The molecule has 2 heterocycles. The van der Waals surface area contributed by atoms with Crippen LogP contribution in [0.25, 0.3) is 10.9 Å². The van der Waals surface area contributed by atoms with Gasteiger partial charge in [-0.25, -0.2) is 18.7 Å². The second-order valence-corrected chi connectivity index (χ2v) is 6.22. The topological polar surface area (TPSA) is 58.1 Å². The molecule has 2 aromatic rings. The fourth-order valence-electron chi connectivity index (χ4n) is 3.02. The van der Waals surface area contributed by atoms with Crippen molar-refractivity contribution in [2.45, 2.75) is 25.3 Å². The molecule has 5 nitrogen and oxygen atoms in total. The summed E-state index contributed by atoms with van der Waals surface area (Å²) >= 11 is 0. The zero-order valence-electron chi connectivity index (χ0n) is 12.4. The maximum absolute atomic E-state index is 13.5. The van der Waals surface area contributed by atoms with Crippen molar-refractivity contribution in [1.29, 1.82) is 0 Å². The minimum Gasteiger partial charge on any atom is -0.352 e. The second-order valence-electron chi connectivity index (χ2n) is 6.22. The molecular formula is C16H16F2N4O. The maximum Gasteiger partial charge on any atom is 0.223 e. The fraction of sp³-hybridized carbons (Fsp3) is 0.438. The largest absolute Gasteiger partial charge is 0.352 e. The lowest BCUT2D eigenvalue weighted by molar-refractivity contribution is -0.128. The summed E-state index contributed by atoms with van der Waals surface area (Å²) < 4.78 is 26.8. The van der Waals surface area contributed by atoms with Crippen molar-refractivity contribution in [2.75, 3.05) is 18.0 Å². The predicted molar refractivity (Wildman–Crippen MR) is 80.9 cm³/mol. The number of aromatic nitrogens is 2. The van der Waals surface area contributed by atoms with Gasteiger partial charge >= 0.3 is 0 Å². The van der Waals surface area contributed by atoms with Crippen molar-refractivity contribution >= 4 is 22.6 Å². The van der Waals surface area contributed by atoms with Crippen molar-refractivity contribution in [2.24, 2.45) is 5.92 Å². The zero-order valence-corrected chi connectivity index (χ0v) is 12.4. The van der Waals surface area contributed by atoms with Gasteiger partial charge in [0.1, 0.15) is 12.1 Å². The Labute approximate surface area is 131 Å². The molecule has 1 aliphatic heterocycles. The molecule has 23 heavy (non-hydrogen) atoms. The molecule has 2 aliphatic rings. The van der Waals surface area contributed by atoms with E-state index < -0.39 is 11.6 Å². The Bertz CT molecular complexity index is 772. The molecule has 1 amide bonds. The van der Waals surface area contributed by atoms with Gasteiger partial charge in [0.25, 0.3) is 0 Å². The number of benzene rings is 1. The number of hydrogen-bond acceptors (Lipinski definition) is 4. The van der Waals surface area contributed by atoms with Crippen LogP contribution in [0.3, 0.4) is 0 Å². The van der Waals surface area contributed by atoms with E-state index in [2.05, 4.69) is 15.3 Å². The highest BCUT2D eigenvalue weighted by molar-refractivity contribution is 5.90. The van der Waals surface area contributed by atoms with E-state index in [4.69, 9.17) is 0 Å². The number of carbonyl (C=O) groups is 1. The summed E-state index contributed by atoms with van der Waals surface area (Å²) in [5, 5.41) is 3.51. The highest BCUT2D eigenvalue weighted by Gasteiger charge is 2.33. The average molecular weight is 318 g/mol. The first kappa shape index (κ1) is 14.3. The van der Waals surface area contributed by atoms with Crippen molar-refractivity contribution < 1.29 is 13.6 Å². The molecule has 1 N–H and O–H groups in total. The molecule has 7 heteroatoms. The Balaban J connectivity index is 1.48. The first-order valence-electron chi connectivity index (χ1n) is 7.77. The van der Waals surface area contributed by atoms with Gasteiger partial charge in [0, 0.05) is 30.5 Å². The standard InChI is InChI=1S/C16H16F2N4O/c17-12-4-11-14(5-13(12)18)19-8-20-15(11)22-6-10(7-22)21-16(23)9-2-1-3-9/h4-5,8-10H,1-3,6-7H2,(H,21,23). The Morgan fingerprint density at radius 3 is 2.61 bits per heavy atom. The van der Waals surface area contributed by atoms with E-state index in [0.717, 1.165) is 31.4 Å². The smallest absolute Gasteiger partial charge is 0.223 e. The van der Waals surface area contributed by atoms with Gasteiger partial charge in [-0.05, 0) is 18.9 Å². The van der Waals surface area contributed by atoms with Crippen LogP contribution in [0.5, 0.6) is 0 Å². The summed E-state index contributed by atoms with van der Waals surface area (Å²) in [6.45, 7) is 1.23. The number of nitrogens with one attached hydrogen (secondary N) is 1. The molecule has 1 saturated carbocycles. The van der Waals surface area contributed by atoms with Crippen LogP contribution < -0.4 is 10.2 Å². The van der Waals surface area contributed by atoms with Crippen molar-refractivity contribution in [3.05, 3.63) is 30.1 Å². The molecule has 120 valence electrons. The minimum atomic E-state index is -0.920. The van der Waals surface area contributed by atoms with Gasteiger partial charge in [0.15, 0.2) is 11.6 Å². The average Bonchev–Trinajstić information content (AvgIpc) is 2.41. The van der Waals surface area contributed by atoms with E-state index >= 15 is 0 Å². The molecular weight excluding hydrogens is 302 g/mol. The Kier molecular flexibility index (Phi) is 3.36. The Hall–Kier alpha value is -2.31. The lowest BCUT2D eigenvalue weighted by atomic mass is 9.84. The predicted octanol–water partition coefficient (Wildman–Crippen LogP) is 2.01. The van der Waals surface area contributed by atoms with Crippen LogP contribution in [0.2, 0.25) is 0 Å². The highest BCUT2D eigenvalue weighted by atomic mass is 19.2. The number of carbonyl (C=O) groups excluding carboxylic acids is 1. The normalized spacial score (nSPS) is 18.6. The molecule has 0 radical (unpaired) electrons. The van der Waals surface area contributed by atoms with Crippen LogP contribution in [0, 0.1) is 17.6 Å². The van der Waals surface area contributed by atoms with Gasteiger partial charge in [-0.15, -0.1) is 0 Å². The van der Waals surface area contributed by atoms with E-state index in [1.165, 1.54) is 6.33 Å². The van der Waals surface area contributed by atoms with Gasteiger partial charge in [0.2, 0.25) is 5.91 Å². The number of anilines is 1. The van der Waals surface area contributed by atoms with Gasteiger partial charge < -0.3 is 10.2 Å². The highest BCUT2D eigenvalue weighted by Crippen LogP contribution is 2.29. The lowest BCUT2D eigenvalue weighted by Crippen LogP contribution is -2.60. The molecule has 0 atom stereocenters. The summed E-state index contributed by atoms with van der Waals surface area (Å²) in [4.78, 5) is 22.0. The molecule has 4 rings (SSSR count). The molecule has 1 aromatic carbocycles. The van der Waals surface area contributed by atoms with E-state index in [1.807, 2.05) is 4.90 Å². The quantitative estimate of drug-likeness (QED) is 0.940. The van der Waals surface area contributed by atoms with Crippen LogP contribution in [0.15, 0.2) is 18.5 Å². The van der Waals surface area contributed by atoms with Gasteiger partial charge in [-0.3, -0.25) is 4.79 Å². The Morgan fingerprint density at radius 1 is 1.17 bits per heavy atom. The monoisotopic (exact) mass is 318 g/mol. The molecule has 0 spiro atoms. The fourth-order valence-corrected chi connectivity index (χ4v) is 3.02. The number of rotatable bonds is 3. The second kappa shape index (κ2) is 5.40. The number of fused-ring (bicyclic) bond motifs is 1. The lowest BCUT2D eigenvalue weighted by Gasteiger charge is -2.41. The van der Waals surface area contributed by atoms with Crippen LogP contribution in [-0.2, 0) is 4.79 Å². The van der Waals surface area contributed by atoms with Crippen LogP contribution in [0.4, 0.5) is 14.6 Å². The SMILES string of the molecule is O=C(NC1CN(c2ncnc3cc(F)c(F)cc23)C1)C1CCC1. The summed E-state index contributed by atoms with van der Waals surface area (Å²) in [5.41, 5.74) is 0.371. The number of nitrogens with zero attached hydrogens (tertiary/aromatic N) is 3. The third-order valence-electron chi connectivity index (χ3n) is 4.66. The van der Waals surface area contributed by atoms with Gasteiger partial charge in [-0.1, -0.05) is 6.42 Å². The zero-order chi connectivity index (χ0) is 16.0. The summed E-state index contributed by atoms with van der Waals surface area (Å²) in [6.07, 6.45) is 4.42. The van der Waals surface area contributed by atoms with Gasteiger partial charge in [-0.2, -0.15) is 0 Å². The number of amides is 1. The van der Waals surface area contributed by atoms with Crippen LogP contribution in [0.1, 0.15) is 19.3 Å². The van der Waals surface area contributed by atoms with E-state index in [0.29, 0.717) is 29.8 Å². The molecule has 1 aliphatic carbocycles. The van der Waals surface area contributed by atoms with Crippen LogP contribution >= 0.6 is 0 Å². The van der Waals surface area contributed by atoms with Crippen LogP contribution in [-0.4, -0.2) is 35.0 Å². The third kappa shape index (κ3) is 2.50. The van der Waals surface area contributed by atoms with E-state index in [-0.39, 0.29) is 17.9 Å². The summed E-state index contributed by atoms with van der Waals surface area (Å²) in [5.74, 6) is -0.967. The minimum absolute atomic E-state index is 0.0819. The maximum atomic E-state index is 13.5. The summed E-state index contributed by atoms with van der Waals surface area (Å²) in [6, 6.07) is 2.28. The van der Waals surface area contributed by atoms with E-state index in [9.17, 15) is 13.6 Å². The van der Waals surface area contributed by atoms with Crippen molar-refractivity contribution in [3.8, 4) is 0 Å². The molecule has 2 fully saturated rings. The van der Waals surface area contributed by atoms with Gasteiger partial charge in [0.05, 0.1) is 11.6 Å². The van der Waals surface area contributed by atoms with Crippen molar-refractivity contribution in [3.63, 3.8) is 0 Å². The molecule has 1 saturated heterocycles. The third-order valence-corrected chi connectivity index (χ3v) is 4.66. The first-order chi connectivity index (χ1) is 11.1. The number of hydrogen-bond donors (Lipinski definition) is 1. The van der Waals surface area contributed by atoms with Crippen molar-refractivity contribution in [1.82, 2.24) is 15.3 Å². The molecule has 0 unspecified atom stereocenters. The Morgan fingerprint density at radius 2 is 1.91 bits per heavy atom. The molecule has 1 aromatic heterocycles.